The average Bonchev–Trinajstić information content (AvgIpc) is 2.19. The molecule has 1 aromatic rings. The first-order valence-electron chi connectivity index (χ1n) is 3.97. The number of aldehydes is 1. The van der Waals surface area contributed by atoms with Crippen molar-refractivity contribution in [2.45, 2.75) is 6.42 Å². The zero-order valence-electron chi connectivity index (χ0n) is 7.36. The van der Waals surface area contributed by atoms with Gasteiger partial charge in [-0.1, -0.05) is 17.9 Å². The minimum Gasteiger partial charge on any atom is -0.302 e. The Labute approximate surface area is 81.5 Å². The predicted octanol–water partition coefficient (Wildman–Crippen LogP) is 1.59. The van der Waals surface area contributed by atoms with Crippen LogP contribution in [0.5, 0.6) is 0 Å². The standard InChI is InChI=1S/C11H7NO2/c13-7-2-1-4-10-5-3-6-11(8-10)12-9-14/h3,5-8H,2H2. The second kappa shape index (κ2) is 5.47. The molecular formula is C11H7NO2. The van der Waals surface area contributed by atoms with Crippen molar-refractivity contribution in [3.8, 4) is 11.8 Å². The van der Waals surface area contributed by atoms with Gasteiger partial charge in [-0.25, -0.2) is 4.79 Å². The Morgan fingerprint density at radius 1 is 1.43 bits per heavy atom. The van der Waals surface area contributed by atoms with Crippen molar-refractivity contribution in [2.24, 2.45) is 4.99 Å². The third kappa shape index (κ3) is 3.06. The van der Waals surface area contributed by atoms with E-state index in [-0.39, 0.29) is 6.42 Å². The van der Waals surface area contributed by atoms with E-state index in [4.69, 9.17) is 0 Å². The number of hydrogen-bond acceptors (Lipinski definition) is 3. The number of rotatable bonds is 2. The lowest BCUT2D eigenvalue weighted by molar-refractivity contribution is -0.107. The molecule has 14 heavy (non-hydrogen) atoms. The van der Waals surface area contributed by atoms with Gasteiger partial charge >= 0.3 is 0 Å². The van der Waals surface area contributed by atoms with Crippen LogP contribution in [0.4, 0.5) is 5.69 Å². The van der Waals surface area contributed by atoms with E-state index >= 15 is 0 Å². The molecule has 0 aliphatic heterocycles. The van der Waals surface area contributed by atoms with E-state index in [0.29, 0.717) is 5.69 Å². The normalized spacial score (nSPS) is 8.00. The molecule has 0 amide bonds. The molecule has 0 spiro atoms. The highest BCUT2D eigenvalue weighted by atomic mass is 16.1. The summed E-state index contributed by atoms with van der Waals surface area (Å²) in [6.45, 7) is 0. The van der Waals surface area contributed by atoms with E-state index < -0.39 is 0 Å². The summed E-state index contributed by atoms with van der Waals surface area (Å²) in [7, 11) is 0. The van der Waals surface area contributed by atoms with Crippen LogP contribution in [0.15, 0.2) is 29.3 Å². The highest BCUT2D eigenvalue weighted by Crippen LogP contribution is 2.12. The van der Waals surface area contributed by atoms with Crippen LogP contribution in [-0.2, 0) is 9.59 Å². The fourth-order valence-electron chi connectivity index (χ4n) is 0.901. The molecule has 0 aliphatic rings. The molecule has 68 valence electrons. The summed E-state index contributed by atoms with van der Waals surface area (Å²) in [4.78, 5) is 23.4. The second-order valence-corrected chi connectivity index (χ2v) is 2.43. The molecule has 0 heterocycles. The van der Waals surface area contributed by atoms with Crippen LogP contribution in [0, 0.1) is 11.8 Å². The Morgan fingerprint density at radius 2 is 2.29 bits per heavy atom. The largest absolute Gasteiger partial charge is 0.302 e. The number of carbonyl (C=O) groups is 1. The number of benzene rings is 1. The number of nitrogens with zero attached hydrogens (tertiary/aromatic N) is 1. The lowest BCUT2D eigenvalue weighted by Gasteiger charge is -1.90. The van der Waals surface area contributed by atoms with Gasteiger partial charge in [-0.15, -0.1) is 0 Å². The van der Waals surface area contributed by atoms with E-state index in [1.165, 1.54) is 6.08 Å². The molecule has 3 nitrogen and oxygen atoms in total. The van der Waals surface area contributed by atoms with Crippen LogP contribution < -0.4 is 0 Å². The van der Waals surface area contributed by atoms with Gasteiger partial charge in [0, 0.05) is 5.56 Å². The van der Waals surface area contributed by atoms with Gasteiger partial charge in [0.2, 0.25) is 6.08 Å². The van der Waals surface area contributed by atoms with Crippen LogP contribution in [0.25, 0.3) is 0 Å². The number of carbonyl (C=O) groups excluding carboxylic acids is 2. The van der Waals surface area contributed by atoms with E-state index in [0.717, 1.165) is 11.8 Å². The van der Waals surface area contributed by atoms with Crippen molar-refractivity contribution in [3.05, 3.63) is 29.8 Å². The maximum Gasteiger partial charge on any atom is 0.240 e. The first-order chi connectivity index (χ1) is 6.86. The smallest absolute Gasteiger partial charge is 0.240 e. The van der Waals surface area contributed by atoms with Gasteiger partial charge in [0.15, 0.2) is 0 Å². The first-order valence-corrected chi connectivity index (χ1v) is 3.97. The molecule has 0 bridgehead atoms. The van der Waals surface area contributed by atoms with E-state index in [1.807, 2.05) is 0 Å². The number of aliphatic imine (C=N–C) groups is 1. The maximum atomic E-state index is 9.99. The molecule has 1 rings (SSSR count). The fraction of sp³-hybridized carbons (Fsp3) is 0.0909. The quantitative estimate of drug-likeness (QED) is 0.304. The monoisotopic (exact) mass is 185 g/mol. The summed E-state index contributed by atoms with van der Waals surface area (Å²) in [5.74, 6) is 5.44. The number of hydrogen-bond donors (Lipinski definition) is 0. The molecule has 0 saturated carbocycles. The van der Waals surface area contributed by atoms with Crippen molar-refractivity contribution in [1.82, 2.24) is 0 Å². The third-order valence-electron chi connectivity index (χ3n) is 1.44. The molecular weight excluding hydrogens is 178 g/mol. The summed E-state index contributed by atoms with van der Waals surface area (Å²) in [5, 5.41) is 0. The van der Waals surface area contributed by atoms with Crippen molar-refractivity contribution in [2.75, 3.05) is 0 Å². The summed E-state index contributed by atoms with van der Waals surface area (Å²) in [6.07, 6.45) is 2.40. The van der Waals surface area contributed by atoms with Gasteiger partial charge in [0.1, 0.15) is 6.29 Å². The lowest BCUT2D eigenvalue weighted by Crippen LogP contribution is -1.74. The van der Waals surface area contributed by atoms with Crippen molar-refractivity contribution in [1.29, 1.82) is 0 Å². The molecule has 3 heteroatoms. The van der Waals surface area contributed by atoms with Crippen LogP contribution in [0.2, 0.25) is 0 Å². The van der Waals surface area contributed by atoms with Crippen LogP contribution >= 0.6 is 0 Å². The van der Waals surface area contributed by atoms with Crippen molar-refractivity contribution in [3.63, 3.8) is 0 Å². The van der Waals surface area contributed by atoms with E-state index in [9.17, 15) is 9.59 Å². The maximum absolute atomic E-state index is 9.99. The molecule has 0 unspecified atom stereocenters. The van der Waals surface area contributed by atoms with Gasteiger partial charge in [-0.2, -0.15) is 4.99 Å². The summed E-state index contributed by atoms with van der Waals surface area (Å²) in [5.41, 5.74) is 1.24. The summed E-state index contributed by atoms with van der Waals surface area (Å²) < 4.78 is 0. The highest BCUT2D eigenvalue weighted by Gasteiger charge is 1.89. The van der Waals surface area contributed by atoms with Crippen LogP contribution in [0.1, 0.15) is 12.0 Å². The fourth-order valence-corrected chi connectivity index (χ4v) is 0.901. The van der Waals surface area contributed by atoms with Crippen LogP contribution in [-0.4, -0.2) is 12.4 Å². The van der Waals surface area contributed by atoms with Gasteiger partial charge < -0.3 is 4.79 Å². The Morgan fingerprint density at radius 3 is 3.00 bits per heavy atom. The Balaban J connectivity index is 2.89. The minimum absolute atomic E-state index is 0.210. The molecule has 0 aliphatic carbocycles. The van der Waals surface area contributed by atoms with Gasteiger partial charge in [-0.3, -0.25) is 0 Å². The average molecular weight is 185 g/mol. The molecule has 0 fully saturated rings. The Bertz CT molecular complexity index is 434. The first kappa shape index (κ1) is 9.91. The SMILES string of the molecule is O=C=Nc1cccc(C#CCC=O)c1. The van der Waals surface area contributed by atoms with Crippen LogP contribution in [0.3, 0.4) is 0 Å². The second-order valence-electron chi connectivity index (χ2n) is 2.43. The highest BCUT2D eigenvalue weighted by molar-refractivity contribution is 5.56. The third-order valence-corrected chi connectivity index (χ3v) is 1.44. The molecule has 0 radical (unpaired) electrons. The zero-order chi connectivity index (χ0) is 10.2. The zero-order valence-corrected chi connectivity index (χ0v) is 7.36. The van der Waals surface area contributed by atoms with E-state index in [1.54, 1.807) is 24.3 Å². The number of isocyanates is 1. The van der Waals surface area contributed by atoms with Crippen molar-refractivity contribution < 1.29 is 9.59 Å². The van der Waals surface area contributed by atoms with Gasteiger partial charge in [0.05, 0.1) is 12.1 Å². The summed E-state index contributed by atoms with van der Waals surface area (Å²) >= 11 is 0. The van der Waals surface area contributed by atoms with Gasteiger partial charge in [-0.05, 0) is 18.2 Å². The van der Waals surface area contributed by atoms with E-state index in [2.05, 4.69) is 16.8 Å². The Hall–Kier alpha value is -2.17. The predicted molar refractivity (Wildman–Crippen MR) is 51.8 cm³/mol. The molecule has 0 saturated heterocycles. The topological polar surface area (TPSA) is 46.5 Å². The van der Waals surface area contributed by atoms with Gasteiger partial charge in [0.25, 0.3) is 0 Å². The molecule has 0 N–H and O–H groups in total. The lowest BCUT2D eigenvalue weighted by atomic mass is 10.2. The molecule has 1 aromatic carbocycles. The summed E-state index contributed by atoms with van der Waals surface area (Å²) in [6, 6.07) is 6.85. The Kier molecular flexibility index (Phi) is 3.87. The molecule has 0 aromatic heterocycles. The minimum atomic E-state index is 0.210. The molecule has 0 atom stereocenters. The van der Waals surface area contributed by atoms with Crippen molar-refractivity contribution >= 4 is 18.1 Å².